The third-order valence-electron chi connectivity index (χ3n) is 4.01. The monoisotopic (exact) mass is 278 g/mol. The molecule has 1 unspecified atom stereocenters. The zero-order chi connectivity index (χ0) is 14.4. The van der Waals surface area contributed by atoms with Crippen LogP contribution in [0.25, 0.3) is 0 Å². The van der Waals surface area contributed by atoms with Gasteiger partial charge in [0.1, 0.15) is 5.75 Å². The van der Waals surface area contributed by atoms with Crippen molar-refractivity contribution in [2.75, 3.05) is 19.0 Å². The van der Waals surface area contributed by atoms with Crippen LogP contribution in [0, 0.1) is 16.0 Å². The highest BCUT2D eigenvalue weighted by Crippen LogP contribution is 2.28. The van der Waals surface area contributed by atoms with Gasteiger partial charge < -0.3 is 10.1 Å². The SMILES string of the molecule is COc1ccc(NC(C[N+](=O)[O-])C2CCCCC2)cc1. The van der Waals surface area contributed by atoms with E-state index in [-0.39, 0.29) is 17.5 Å². The molecular formula is C15H22N2O3. The molecule has 0 spiro atoms. The van der Waals surface area contributed by atoms with Crippen molar-refractivity contribution in [3.63, 3.8) is 0 Å². The first kappa shape index (κ1) is 14.6. The summed E-state index contributed by atoms with van der Waals surface area (Å²) in [6.07, 6.45) is 5.79. The van der Waals surface area contributed by atoms with Crippen LogP contribution in [0.2, 0.25) is 0 Å². The van der Waals surface area contributed by atoms with Crippen molar-refractivity contribution in [2.45, 2.75) is 38.1 Å². The summed E-state index contributed by atoms with van der Waals surface area (Å²) in [5, 5.41) is 14.2. The lowest BCUT2D eigenvalue weighted by Gasteiger charge is -2.29. The first-order valence-electron chi connectivity index (χ1n) is 7.21. The van der Waals surface area contributed by atoms with Gasteiger partial charge in [-0.15, -0.1) is 0 Å². The molecule has 2 rings (SSSR count). The molecule has 5 nitrogen and oxygen atoms in total. The lowest BCUT2D eigenvalue weighted by atomic mass is 9.83. The van der Waals surface area contributed by atoms with E-state index in [1.54, 1.807) is 7.11 Å². The standard InChI is InChI=1S/C15H22N2O3/c1-20-14-9-7-13(8-10-14)16-15(11-17(18)19)12-5-3-2-4-6-12/h7-10,12,15-16H,2-6,11H2,1H3. The number of hydrogen-bond acceptors (Lipinski definition) is 4. The first-order chi connectivity index (χ1) is 9.69. The summed E-state index contributed by atoms with van der Waals surface area (Å²) in [6, 6.07) is 7.47. The summed E-state index contributed by atoms with van der Waals surface area (Å²) in [5.74, 6) is 1.19. The number of nitrogens with zero attached hydrogens (tertiary/aromatic N) is 1. The average molecular weight is 278 g/mol. The first-order valence-corrected chi connectivity index (χ1v) is 7.21. The lowest BCUT2D eigenvalue weighted by Crippen LogP contribution is -2.36. The zero-order valence-electron chi connectivity index (χ0n) is 11.9. The van der Waals surface area contributed by atoms with Gasteiger partial charge in [0.2, 0.25) is 6.54 Å². The fraction of sp³-hybridized carbons (Fsp3) is 0.600. The highest BCUT2D eigenvalue weighted by molar-refractivity contribution is 5.47. The minimum atomic E-state index is -0.213. The Morgan fingerprint density at radius 3 is 2.50 bits per heavy atom. The number of rotatable bonds is 6. The molecule has 0 aliphatic heterocycles. The molecule has 1 fully saturated rings. The van der Waals surface area contributed by atoms with Crippen molar-refractivity contribution < 1.29 is 9.66 Å². The van der Waals surface area contributed by atoms with Crippen molar-refractivity contribution in [2.24, 2.45) is 5.92 Å². The predicted molar refractivity (Wildman–Crippen MR) is 78.8 cm³/mol. The van der Waals surface area contributed by atoms with Crippen LogP contribution in [0.5, 0.6) is 5.75 Å². The molecule has 0 heterocycles. The van der Waals surface area contributed by atoms with Crippen molar-refractivity contribution in [3.05, 3.63) is 34.4 Å². The molecule has 1 aromatic rings. The van der Waals surface area contributed by atoms with E-state index in [1.165, 1.54) is 19.3 Å². The molecule has 1 aromatic carbocycles. The summed E-state index contributed by atoms with van der Waals surface area (Å²) < 4.78 is 5.12. The second kappa shape index (κ2) is 7.12. The maximum atomic E-state index is 10.9. The lowest BCUT2D eigenvalue weighted by molar-refractivity contribution is -0.483. The van der Waals surface area contributed by atoms with Gasteiger partial charge in [-0.3, -0.25) is 10.1 Å². The van der Waals surface area contributed by atoms with Crippen LogP contribution in [0.15, 0.2) is 24.3 Å². The molecule has 1 N–H and O–H groups in total. The number of benzene rings is 1. The molecule has 0 amide bonds. The Bertz CT molecular complexity index is 427. The average Bonchev–Trinajstić information content (AvgIpc) is 2.48. The number of nitro groups is 1. The highest BCUT2D eigenvalue weighted by Gasteiger charge is 2.27. The molecule has 1 saturated carbocycles. The normalized spacial score (nSPS) is 17.4. The number of hydrogen-bond donors (Lipinski definition) is 1. The van der Waals surface area contributed by atoms with Crippen LogP contribution < -0.4 is 10.1 Å². The van der Waals surface area contributed by atoms with Gasteiger partial charge in [-0.05, 0) is 43.0 Å². The van der Waals surface area contributed by atoms with Crippen LogP contribution in [0.1, 0.15) is 32.1 Å². The van der Waals surface area contributed by atoms with Crippen LogP contribution in [0.4, 0.5) is 5.69 Å². The second-order valence-corrected chi connectivity index (χ2v) is 5.39. The van der Waals surface area contributed by atoms with Crippen molar-refractivity contribution >= 4 is 5.69 Å². The molecule has 0 radical (unpaired) electrons. The van der Waals surface area contributed by atoms with Gasteiger partial charge in [0.25, 0.3) is 0 Å². The Hall–Kier alpha value is -1.78. The van der Waals surface area contributed by atoms with Crippen LogP contribution in [-0.2, 0) is 0 Å². The van der Waals surface area contributed by atoms with E-state index in [9.17, 15) is 10.1 Å². The van der Waals surface area contributed by atoms with E-state index in [0.717, 1.165) is 24.3 Å². The quantitative estimate of drug-likeness (QED) is 0.640. The van der Waals surface area contributed by atoms with Gasteiger partial charge in [0.05, 0.1) is 13.2 Å². The minimum Gasteiger partial charge on any atom is -0.497 e. The van der Waals surface area contributed by atoms with E-state index in [4.69, 9.17) is 4.74 Å². The largest absolute Gasteiger partial charge is 0.497 e. The second-order valence-electron chi connectivity index (χ2n) is 5.39. The van der Waals surface area contributed by atoms with Gasteiger partial charge in [-0.1, -0.05) is 19.3 Å². The molecule has 0 bridgehead atoms. The van der Waals surface area contributed by atoms with Crippen LogP contribution in [-0.4, -0.2) is 24.6 Å². The van der Waals surface area contributed by atoms with Crippen molar-refractivity contribution in [3.8, 4) is 5.75 Å². The van der Waals surface area contributed by atoms with Gasteiger partial charge in [-0.2, -0.15) is 0 Å². The van der Waals surface area contributed by atoms with E-state index >= 15 is 0 Å². The number of nitrogens with one attached hydrogen (secondary N) is 1. The topological polar surface area (TPSA) is 64.4 Å². The molecule has 1 aliphatic carbocycles. The summed E-state index contributed by atoms with van der Waals surface area (Å²) in [5.41, 5.74) is 0.920. The van der Waals surface area contributed by atoms with Gasteiger partial charge in [0, 0.05) is 10.6 Å². The fourth-order valence-corrected chi connectivity index (χ4v) is 2.91. The third-order valence-corrected chi connectivity index (χ3v) is 4.01. The van der Waals surface area contributed by atoms with Crippen molar-refractivity contribution in [1.29, 1.82) is 0 Å². The highest BCUT2D eigenvalue weighted by atomic mass is 16.6. The Labute approximate surface area is 119 Å². The Morgan fingerprint density at radius 2 is 1.95 bits per heavy atom. The maximum Gasteiger partial charge on any atom is 0.223 e. The molecular weight excluding hydrogens is 256 g/mol. The number of methoxy groups -OCH3 is 1. The Kier molecular flexibility index (Phi) is 5.21. The van der Waals surface area contributed by atoms with Crippen LogP contribution in [0.3, 0.4) is 0 Å². The number of ether oxygens (including phenoxy) is 1. The van der Waals surface area contributed by atoms with E-state index in [1.807, 2.05) is 24.3 Å². The van der Waals surface area contributed by atoms with Crippen LogP contribution >= 0.6 is 0 Å². The Balaban J connectivity index is 2.03. The summed E-state index contributed by atoms with van der Waals surface area (Å²) >= 11 is 0. The molecule has 110 valence electrons. The van der Waals surface area contributed by atoms with E-state index < -0.39 is 0 Å². The van der Waals surface area contributed by atoms with E-state index in [0.29, 0.717) is 5.92 Å². The summed E-state index contributed by atoms with van der Waals surface area (Å²) in [7, 11) is 1.63. The molecule has 1 atom stereocenters. The molecule has 1 aliphatic rings. The van der Waals surface area contributed by atoms with E-state index in [2.05, 4.69) is 5.32 Å². The molecule has 0 saturated heterocycles. The number of anilines is 1. The minimum absolute atomic E-state index is 0.0172. The molecule has 0 aromatic heterocycles. The smallest absolute Gasteiger partial charge is 0.223 e. The fourth-order valence-electron chi connectivity index (χ4n) is 2.91. The van der Waals surface area contributed by atoms with Gasteiger partial charge in [0.15, 0.2) is 0 Å². The Morgan fingerprint density at radius 1 is 1.30 bits per heavy atom. The molecule has 20 heavy (non-hydrogen) atoms. The zero-order valence-corrected chi connectivity index (χ0v) is 11.9. The maximum absolute atomic E-state index is 10.9. The molecule has 5 heteroatoms. The van der Waals surface area contributed by atoms with Gasteiger partial charge in [-0.25, -0.2) is 0 Å². The van der Waals surface area contributed by atoms with Gasteiger partial charge >= 0.3 is 0 Å². The third kappa shape index (κ3) is 4.11. The summed E-state index contributed by atoms with van der Waals surface area (Å²) in [4.78, 5) is 10.7. The van der Waals surface area contributed by atoms with Crippen molar-refractivity contribution in [1.82, 2.24) is 0 Å². The summed E-state index contributed by atoms with van der Waals surface area (Å²) in [6.45, 7) is -0.0172. The predicted octanol–water partition coefficient (Wildman–Crippen LogP) is 3.33.